The first-order chi connectivity index (χ1) is 21.4. The molecule has 0 saturated carbocycles. The Kier molecular flexibility index (Phi) is 12.0. The summed E-state index contributed by atoms with van der Waals surface area (Å²) in [5.74, 6) is -2.07. The van der Waals surface area contributed by atoms with Crippen molar-refractivity contribution in [2.75, 3.05) is 30.8 Å². The van der Waals surface area contributed by atoms with E-state index in [0.717, 1.165) is 35.5 Å². The zero-order valence-corrected chi connectivity index (χ0v) is 29.0. The smallest absolute Gasteiger partial charge is 0.387 e. The zero-order valence-electron chi connectivity index (χ0n) is 28.2. The number of primary amides is 1. The van der Waals surface area contributed by atoms with Crippen LogP contribution in [0.4, 0.5) is 20.4 Å². The molecule has 0 spiro atoms. The van der Waals surface area contributed by atoms with Gasteiger partial charge < -0.3 is 36.5 Å². The summed E-state index contributed by atoms with van der Waals surface area (Å²) >= 11 is 1.46. The quantitative estimate of drug-likeness (QED) is 0.216. The van der Waals surface area contributed by atoms with Gasteiger partial charge >= 0.3 is 18.1 Å². The molecule has 0 radical (unpaired) electrons. The number of anilines is 2. The minimum absolute atomic E-state index is 0.0410. The van der Waals surface area contributed by atoms with Crippen LogP contribution in [0.25, 0.3) is 0 Å². The molecule has 1 saturated heterocycles. The number of likely N-dealkylation sites (tertiary alicyclic amines) is 1. The van der Waals surface area contributed by atoms with E-state index in [0.29, 0.717) is 36.8 Å². The Hall–Kier alpha value is -3.91. The van der Waals surface area contributed by atoms with Gasteiger partial charge in [-0.05, 0) is 70.7 Å². The highest BCUT2D eigenvalue weighted by Crippen LogP contribution is 2.37. The molecule has 6 N–H and O–H groups in total. The van der Waals surface area contributed by atoms with Crippen LogP contribution in [0.15, 0.2) is 24.3 Å². The van der Waals surface area contributed by atoms with E-state index in [1.807, 2.05) is 24.3 Å². The van der Waals surface area contributed by atoms with Crippen LogP contribution < -0.4 is 27.0 Å². The second-order valence-electron chi connectivity index (χ2n) is 13.6. The predicted molar refractivity (Wildman–Crippen MR) is 178 cm³/mol. The zero-order chi connectivity index (χ0) is 34.3. The van der Waals surface area contributed by atoms with Crippen molar-refractivity contribution < 1.29 is 28.7 Å². The number of nitrogens with two attached hydrogens (primary N) is 1. The molecular formula is C32H49N7O6S. The Balaban J connectivity index is 1.77. The first-order valence-corrected chi connectivity index (χ1v) is 16.3. The normalized spacial score (nSPS) is 16.9. The first-order valence-electron chi connectivity index (χ1n) is 15.5. The summed E-state index contributed by atoms with van der Waals surface area (Å²) < 4.78 is 11.2. The number of hydrogen-bond donors (Lipinski definition) is 5. The van der Waals surface area contributed by atoms with Crippen LogP contribution in [0.5, 0.6) is 0 Å². The highest BCUT2D eigenvalue weighted by molar-refractivity contribution is 7.15. The van der Waals surface area contributed by atoms with Gasteiger partial charge in [-0.3, -0.25) is 14.5 Å². The second kappa shape index (κ2) is 15.1. The Morgan fingerprint density at radius 3 is 2.28 bits per heavy atom. The lowest BCUT2D eigenvalue weighted by molar-refractivity contribution is -0.202. The number of ether oxygens (including phenoxy) is 2. The highest BCUT2D eigenvalue weighted by atomic mass is 32.1. The summed E-state index contributed by atoms with van der Waals surface area (Å²) in [5.41, 5.74) is 6.37. The molecular weight excluding hydrogens is 610 g/mol. The van der Waals surface area contributed by atoms with Crippen molar-refractivity contribution in [1.82, 2.24) is 20.5 Å². The summed E-state index contributed by atoms with van der Waals surface area (Å²) in [6.07, 6.45) is 1.24. The first kappa shape index (κ1) is 36.6. The van der Waals surface area contributed by atoms with Crippen molar-refractivity contribution in [3.8, 4) is 0 Å². The molecule has 1 unspecified atom stereocenters. The van der Waals surface area contributed by atoms with Gasteiger partial charge in [0.1, 0.15) is 0 Å². The average Bonchev–Trinajstić information content (AvgIpc) is 3.30. The number of carbonyl (C=O) groups is 4. The third-order valence-corrected chi connectivity index (χ3v) is 8.41. The van der Waals surface area contributed by atoms with Gasteiger partial charge in [0.25, 0.3) is 0 Å². The molecule has 3 rings (SSSR count). The molecule has 1 fully saturated rings. The number of hydrogen-bond acceptors (Lipinski definition) is 10. The van der Waals surface area contributed by atoms with Crippen LogP contribution in [-0.2, 0) is 38.4 Å². The maximum atomic E-state index is 12.8. The number of carbonyl (C=O) groups excluding carboxylic acids is 4. The van der Waals surface area contributed by atoms with E-state index in [4.69, 9.17) is 20.2 Å². The van der Waals surface area contributed by atoms with Gasteiger partial charge in [0, 0.05) is 43.2 Å². The lowest BCUT2D eigenvalue weighted by Gasteiger charge is -2.42. The predicted octanol–water partition coefficient (Wildman–Crippen LogP) is 4.58. The largest absolute Gasteiger partial charge is 0.412 e. The van der Waals surface area contributed by atoms with Crippen LogP contribution in [0.3, 0.4) is 0 Å². The van der Waals surface area contributed by atoms with Crippen molar-refractivity contribution in [2.24, 2.45) is 17.1 Å². The Labute approximate surface area is 275 Å². The number of piperidine rings is 1. The number of alkyl carbamates (subject to hydrolysis) is 1. The van der Waals surface area contributed by atoms with Crippen LogP contribution in [0.1, 0.15) is 77.4 Å². The molecule has 13 nitrogen and oxygen atoms in total. The molecule has 0 bridgehead atoms. The van der Waals surface area contributed by atoms with Gasteiger partial charge in [-0.15, -0.1) is 11.3 Å². The number of aromatic nitrogens is 1. The number of thiazole rings is 1. The minimum Gasteiger partial charge on any atom is -0.387 e. The molecule has 1 aromatic carbocycles. The monoisotopic (exact) mass is 659 g/mol. The van der Waals surface area contributed by atoms with E-state index in [1.165, 1.54) is 18.3 Å². The minimum atomic E-state index is -1.91. The standard InChI is InChI=1S/C32H49N7O6S/c1-20(40)35-28-36-24(25(46-28)19-39-17-9-10-22(18-39)26(41)34-8)16-13-21-11-14-23(15-12-21)37-32(30(2,3)4,44-27(33)42)45-29(43)38-31(5,6)7/h11-12,14-15,22,37H,9-10,13,16-19H2,1-8H3,(H2,33,42)(H,34,41)(H,38,43)(H,35,36,40)/t22-,32?/m1/s1. The lowest BCUT2D eigenvalue weighted by Crippen LogP contribution is -2.59. The van der Waals surface area contributed by atoms with Crippen LogP contribution in [0, 0.1) is 11.3 Å². The maximum Gasteiger partial charge on any atom is 0.412 e. The van der Waals surface area contributed by atoms with Crippen LogP contribution in [-0.4, -0.2) is 65.5 Å². The van der Waals surface area contributed by atoms with Gasteiger partial charge in [0.05, 0.1) is 17.0 Å². The lowest BCUT2D eigenvalue weighted by atomic mass is 9.90. The van der Waals surface area contributed by atoms with E-state index in [1.54, 1.807) is 48.6 Å². The molecule has 0 aliphatic carbocycles. The topological polar surface area (TPSA) is 177 Å². The summed E-state index contributed by atoms with van der Waals surface area (Å²) in [6.45, 7) is 14.4. The SMILES string of the molecule is CNC(=O)[C@@H]1CCCN(Cc2sc(NC(C)=O)nc2CCc2ccc(NC(OC(N)=O)(OC(=O)NC(C)(C)C)C(C)(C)C)cc2)C1. The third-order valence-electron chi connectivity index (χ3n) is 7.41. The molecule has 14 heteroatoms. The van der Waals surface area contributed by atoms with E-state index in [-0.39, 0.29) is 17.7 Å². The van der Waals surface area contributed by atoms with E-state index >= 15 is 0 Å². The fourth-order valence-electron chi connectivity index (χ4n) is 5.10. The fraction of sp³-hybridized carbons (Fsp3) is 0.594. The molecule has 254 valence electrons. The van der Waals surface area contributed by atoms with Gasteiger partial charge in [0.2, 0.25) is 11.8 Å². The molecule has 46 heavy (non-hydrogen) atoms. The molecule has 2 atom stereocenters. The number of amides is 4. The number of aryl methyl sites for hydroxylation is 2. The van der Waals surface area contributed by atoms with E-state index in [9.17, 15) is 19.2 Å². The molecule has 2 aromatic rings. The maximum absolute atomic E-state index is 12.8. The summed E-state index contributed by atoms with van der Waals surface area (Å²) in [7, 11) is 1.67. The van der Waals surface area contributed by atoms with Crippen LogP contribution >= 0.6 is 11.3 Å². The van der Waals surface area contributed by atoms with Crippen molar-refractivity contribution in [1.29, 1.82) is 0 Å². The van der Waals surface area contributed by atoms with Gasteiger partial charge in [-0.2, -0.15) is 0 Å². The summed E-state index contributed by atoms with van der Waals surface area (Å²) in [5, 5.41) is 11.9. The van der Waals surface area contributed by atoms with Crippen molar-refractivity contribution in [2.45, 2.75) is 92.1 Å². The Morgan fingerprint density at radius 1 is 1.04 bits per heavy atom. The van der Waals surface area contributed by atoms with E-state index < -0.39 is 29.1 Å². The number of nitrogens with one attached hydrogen (secondary N) is 4. The molecule has 2 heterocycles. The molecule has 1 aromatic heterocycles. The van der Waals surface area contributed by atoms with Crippen molar-refractivity contribution in [3.63, 3.8) is 0 Å². The fourth-order valence-corrected chi connectivity index (χ4v) is 6.20. The highest BCUT2D eigenvalue weighted by Gasteiger charge is 2.50. The van der Waals surface area contributed by atoms with Crippen LogP contribution in [0.2, 0.25) is 0 Å². The number of benzene rings is 1. The van der Waals surface area contributed by atoms with Crippen molar-refractivity contribution >= 4 is 46.2 Å². The number of rotatable bonds is 11. The number of nitrogens with zero attached hydrogens (tertiary/aromatic N) is 2. The molecule has 1 aliphatic rings. The Bertz CT molecular complexity index is 1380. The summed E-state index contributed by atoms with van der Waals surface area (Å²) in [6, 6.07) is 7.47. The van der Waals surface area contributed by atoms with Crippen molar-refractivity contribution in [3.05, 3.63) is 40.4 Å². The average molecular weight is 660 g/mol. The second-order valence-corrected chi connectivity index (χ2v) is 14.7. The van der Waals surface area contributed by atoms with E-state index in [2.05, 4.69) is 26.2 Å². The Morgan fingerprint density at radius 2 is 1.72 bits per heavy atom. The molecule has 4 amide bonds. The third kappa shape index (κ3) is 10.6. The van der Waals surface area contributed by atoms with Gasteiger partial charge in [-0.1, -0.05) is 32.9 Å². The summed E-state index contributed by atoms with van der Waals surface area (Å²) in [4.78, 5) is 56.8. The van der Waals surface area contributed by atoms with Gasteiger partial charge in [0.15, 0.2) is 5.13 Å². The van der Waals surface area contributed by atoms with Gasteiger partial charge in [-0.25, -0.2) is 14.6 Å². The molecule has 1 aliphatic heterocycles.